The van der Waals surface area contributed by atoms with Gasteiger partial charge in [0.2, 0.25) is 5.88 Å². The van der Waals surface area contributed by atoms with E-state index in [1.807, 2.05) is 6.92 Å². The standard InChI is InChI=1S/C11H10Cl2N4O/c1-3-6-9(12)14-11(15-10(6)13)7-4-5-8(18-2)17-16-7/h4-5H,3H2,1-2H3. The van der Waals surface area contributed by atoms with Crippen LogP contribution in [0.15, 0.2) is 12.1 Å². The summed E-state index contributed by atoms with van der Waals surface area (Å²) in [5.41, 5.74) is 1.21. The quantitative estimate of drug-likeness (QED) is 0.811. The third kappa shape index (κ3) is 2.52. The topological polar surface area (TPSA) is 60.8 Å². The minimum atomic E-state index is 0.338. The lowest BCUT2D eigenvalue weighted by Crippen LogP contribution is -1.99. The molecule has 2 rings (SSSR count). The van der Waals surface area contributed by atoms with E-state index < -0.39 is 0 Å². The lowest BCUT2D eigenvalue weighted by molar-refractivity contribution is 0.392. The third-order valence-electron chi connectivity index (χ3n) is 2.34. The van der Waals surface area contributed by atoms with Gasteiger partial charge in [-0.25, -0.2) is 9.97 Å². The molecule has 0 aliphatic carbocycles. The Hall–Kier alpha value is -1.46. The first-order valence-corrected chi connectivity index (χ1v) is 6.01. The van der Waals surface area contributed by atoms with Crippen molar-refractivity contribution in [2.75, 3.05) is 7.11 Å². The molecule has 2 aromatic rings. The van der Waals surface area contributed by atoms with Gasteiger partial charge in [-0.2, -0.15) is 0 Å². The number of methoxy groups -OCH3 is 1. The van der Waals surface area contributed by atoms with Gasteiger partial charge in [0.05, 0.1) is 7.11 Å². The Labute approximate surface area is 114 Å². The zero-order chi connectivity index (χ0) is 13.1. The largest absolute Gasteiger partial charge is 0.480 e. The summed E-state index contributed by atoms with van der Waals surface area (Å²) < 4.78 is 4.92. The highest BCUT2D eigenvalue weighted by Crippen LogP contribution is 2.25. The van der Waals surface area contributed by atoms with Gasteiger partial charge in [-0.3, -0.25) is 0 Å². The van der Waals surface area contributed by atoms with Crippen LogP contribution in [0.5, 0.6) is 5.88 Å². The van der Waals surface area contributed by atoms with Crippen LogP contribution in [0.4, 0.5) is 0 Å². The molecule has 7 heteroatoms. The maximum absolute atomic E-state index is 6.03. The van der Waals surface area contributed by atoms with Crippen molar-refractivity contribution in [1.29, 1.82) is 0 Å². The van der Waals surface area contributed by atoms with E-state index in [-0.39, 0.29) is 0 Å². The fraction of sp³-hybridized carbons (Fsp3) is 0.273. The normalized spacial score (nSPS) is 10.4. The number of rotatable bonds is 3. The van der Waals surface area contributed by atoms with Crippen LogP contribution >= 0.6 is 23.2 Å². The number of hydrogen-bond donors (Lipinski definition) is 0. The van der Waals surface area contributed by atoms with E-state index in [1.54, 1.807) is 12.1 Å². The number of ether oxygens (including phenoxy) is 1. The summed E-state index contributed by atoms with van der Waals surface area (Å²) in [6, 6.07) is 3.36. The van der Waals surface area contributed by atoms with Crippen LogP contribution < -0.4 is 4.74 Å². The predicted octanol–water partition coefficient (Wildman–Crippen LogP) is 2.81. The highest BCUT2D eigenvalue weighted by atomic mass is 35.5. The van der Waals surface area contributed by atoms with Crippen molar-refractivity contribution >= 4 is 23.2 Å². The van der Waals surface area contributed by atoms with Gasteiger partial charge in [-0.1, -0.05) is 30.1 Å². The van der Waals surface area contributed by atoms with Crippen molar-refractivity contribution < 1.29 is 4.74 Å². The smallest absolute Gasteiger partial charge is 0.233 e. The van der Waals surface area contributed by atoms with Gasteiger partial charge in [0.25, 0.3) is 0 Å². The summed E-state index contributed by atoms with van der Waals surface area (Å²) in [6.07, 6.45) is 0.673. The average molecular weight is 285 g/mol. The van der Waals surface area contributed by atoms with E-state index >= 15 is 0 Å². The van der Waals surface area contributed by atoms with E-state index in [0.29, 0.717) is 34.1 Å². The molecule has 94 valence electrons. The van der Waals surface area contributed by atoms with Crippen LogP contribution in [0.3, 0.4) is 0 Å². The zero-order valence-electron chi connectivity index (χ0n) is 9.81. The molecule has 0 aromatic carbocycles. The molecule has 0 bridgehead atoms. The average Bonchev–Trinajstić information content (AvgIpc) is 2.38. The third-order valence-corrected chi connectivity index (χ3v) is 2.96. The van der Waals surface area contributed by atoms with Crippen molar-refractivity contribution in [3.8, 4) is 17.4 Å². The molecule has 2 heterocycles. The molecule has 0 radical (unpaired) electrons. The summed E-state index contributed by atoms with van der Waals surface area (Å²) in [6.45, 7) is 1.93. The van der Waals surface area contributed by atoms with Crippen LogP contribution in [0.25, 0.3) is 11.5 Å². The monoisotopic (exact) mass is 284 g/mol. The van der Waals surface area contributed by atoms with E-state index in [9.17, 15) is 0 Å². The lowest BCUT2D eigenvalue weighted by Gasteiger charge is -2.05. The second-order valence-corrected chi connectivity index (χ2v) is 4.14. The lowest BCUT2D eigenvalue weighted by atomic mass is 10.2. The molecule has 0 fully saturated rings. The molecule has 18 heavy (non-hydrogen) atoms. The maximum atomic E-state index is 6.03. The second kappa shape index (κ2) is 5.46. The van der Waals surface area contributed by atoms with E-state index in [4.69, 9.17) is 27.9 Å². The van der Waals surface area contributed by atoms with Gasteiger partial charge in [-0.15, -0.1) is 10.2 Å². The van der Waals surface area contributed by atoms with Gasteiger partial charge in [0.15, 0.2) is 5.82 Å². The van der Waals surface area contributed by atoms with E-state index in [2.05, 4.69) is 20.2 Å². The Kier molecular flexibility index (Phi) is 3.93. The molecular weight excluding hydrogens is 275 g/mol. The van der Waals surface area contributed by atoms with Crippen LogP contribution in [-0.4, -0.2) is 27.3 Å². The van der Waals surface area contributed by atoms with Gasteiger partial charge < -0.3 is 4.74 Å². The molecular formula is C11H10Cl2N4O. The summed E-state index contributed by atoms with van der Waals surface area (Å²) in [4.78, 5) is 8.31. The van der Waals surface area contributed by atoms with Crippen LogP contribution in [0.1, 0.15) is 12.5 Å². The highest BCUT2D eigenvalue weighted by Gasteiger charge is 2.12. The van der Waals surface area contributed by atoms with Crippen molar-refractivity contribution in [2.45, 2.75) is 13.3 Å². The first-order valence-electron chi connectivity index (χ1n) is 5.25. The van der Waals surface area contributed by atoms with Crippen molar-refractivity contribution in [2.24, 2.45) is 0 Å². The Balaban J connectivity index is 2.44. The molecule has 0 atom stereocenters. The number of aromatic nitrogens is 4. The van der Waals surface area contributed by atoms with Gasteiger partial charge in [0.1, 0.15) is 16.0 Å². The van der Waals surface area contributed by atoms with Crippen LogP contribution in [0.2, 0.25) is 10.3 Å². The molecule has 0 aliphatic rings. The SMILES string of the molecule is CCc1c(Cl)nc(-c2ccc(OC)nn2)nc1Cl. The van der Waals surface area contributed by atoms with Gasteiger partial charge >= 0.3 is 0 Å². The Morgan fingerprint density at radius 1 is 1.11 bits per heavy atom. The molecule has 5 nitrogen and oxygen atoms in total. The van der Waals surface area contributed by atoms with Crippen LogP contribution in [-0.2, 0) is 6.42 Å². The number of nitrogens with zero attached hydrogens (tertiary/aromatic N) is 4. The fourth-order valence-corrected chi connectivity index (χ4v) is 2.04. The minimum Gasteiger partial charge on any atom is -0.480 e. The molecule has 0 saturated carbocycles. The molecule has 0 spiro atoms. The Morgan fingerprint density at radius 3 is 2.22 bits per heavy atom. The van der Waals surface area contributed by atoms with Crippen molar-refractivity contribution in [1.82, 2.24) is 20.2 Å². The highest BCUT2D eigenvalue weighted by molar-refractivity contribution is 6.34. The molecule has 2 aromatic heterocycles. The predicted molar refractivity (Wildman–Crippen MR) is 69.0 cm³/mol. The summed E-state index contributed by atoms with van der Waals surface area (Å²) in [5.74, 6) is 0.762. The molecule has 0 amide bonds. The molecule has 0 unspecified atom stereocenters. The summed E-state index contributed by atoms with van der Waals surface area (Å²) in [7, 11) is 1.52. The number of halogens is 2. The van der Waals surface area contributed by atoms with Gasteiger partial charge in [0, 0.05) is 11.6 Å². The maximum Gasteiger partial charge on any atom is 0.233 e. The second-order valence-electron chi connectivity index (χ2n) is 3.42. The first-order chi connectivity index (χ1) is 8.65. The minimum absolute atomic E-state index is 0.338. The zero-order valence-corrected chi connectivity index (χ0v) is 11.3. The summed E-state index contributed by atoms with van der Waals surface area (Å²) in [5, 5.41) is 8.45. The Morgan fingerprint density at radius 2 is 1.78 bits per heavy atom. The number of hydrogen-bond acceptors (Lipinski definition) is 5. The van der Waals surface area contributed by atoms with E-state index in [0.717, 1.165) is 5.56 Å². The van der Waals surface area contributed by atoms with Crippen molar-refractivity contribution in [3.63, 3.8) is 0 Å². The first kappa shape index (κ1) is 13.0. The van der Waals surface area contributed by atoms with Crippen LogP contribution in [0, 0.1) is 0 Å². The van der Waals surface area contributed by atoms with E-state index in [1.165, 1.54) is 7.11 Å². The molecule has 0 N–H and O–H groups in total. The molecule has 0 saturated heterocycles. The van der Waals surface area contributed by atoms with Gasteiger partial charge in [-0.05, 0) is 12.5 Å². The molecule has 0 aliphatic heterocycles. The van der Waals surface area contributed by atoms with Crippen molar-refractivity contribution in [3.05, 3.63) is 28.0 Å². The Bertz CT molecular complexity index is 536. The fourth-order valence-electron chi connectivity index (χ4n) is 1.39. The summed E-state index contributed by atoms with van der Waals surface area (Å²) >= 11 is 12.1.